The zero-order valence-corrected chi connectivity index (χ0v) is 21.2. The van der Waals surface area contributed by atoms with E-state index in [0.29, 0.717) is 24.1 Å². The highest BCUT2D eigenvalue weighted by atomic mass is 32.1. The standard InChI is InChI=1S/C25H34N4O4S/c1-5-29(23(31)33-24(2,3)4)21-26-20(19(34-21)18-9-7-6-8-10-18)27-22(30)32-17-25-11-14-28(15-12-25)16-13-25/h6-10H,5,11-17H2,1-4H3,(H,27,30). The van der Waals surface area contributed by atoms with Crippen LogP contribution in [0.3, 0.4) is 0 Å². The van der Waals surface area contributed by atoms with Crippen molar-refractivity contribution < 1.29 is 19.1 Å². The monoisotopic (exact) mass is 486 g/mol. The fraction of sp³-hybridized carbons (Fsp3) is 0.560. The number of hydrogen-bond donors (Lipinski definition) is 1. The van der Waals surface area contributed by atoms with Gasteiger partial charge in [-0.25, -0.2) is 14.6 Å². The Kier molecular flexibility index (Phi) is 7.14. The molecule has 0 aliphatic carbocycles. The van der Waals surface area contributed by atoms with E-state index in [-0.39, 0.29) is 5.41 Å². The zero-order valence-electron chi connectivity index (χ0n) is 20.4. The Bertz CT molecular complexity index is 996. The van der Waals surface area contributed by atoms with Crippen molar-refractivity contribution in [1.82, 2.24) is 9.88 Å². The summed E-state index contributed by atoms with van der Waals surface area (Å²) < 4.78 is 11.2. The molecule has 5 rings (SSSR count). The molecule has 9 heteroatoms. The molecule has 2 aromatic rings. The molecule has 1 N–H and O–H groups in total. The van der Waals surface area contributed by atoms with E-state index in [1.807, 2.05) is 58.0 Å². The van der Waals surface area contributed by atoms with Gasteiger partial charge in [0.15, 0.2) is 10.9 Å². The second kappa shape index (κ2) is 9.92. The maximum absolute atomic E-state index is 12.8. The number of amides is 2. The van der Waals surface area contributed by atoms with Crippen LogP contribution in [0.4, 0.5) is 20.5 Å². The lowest BCUT2D eigenvalue weighted by Crippen LogP contribution is -2.50. The normalized spacial score (nSPS) is 21.7. The molecule has 3 aliphatic heterocycles. The molecule has 1 aromatic carbocycles. The van der Waals surface area contributed by atoms with E-state index in [2.05, 4.69) is 15.2 Å². The topological polar surface area (TPSA) is 84.0 Å². The Hall–Kier alpha value is -2.65. The quantitative estimate of drug-likeness (QED) is 0.572. The average Bonchev–Trinajstić information content (AvgIpc) is 3.22. The molecular formula is C25H34N4O4S. The molecule has 3 saturated heterocycles. The van der Waals surface area contributed by atoms with Crippen LogP contribution in [0.5, 0.6) is 0 Å². The van der Waals surface area contributed by atoms with E-state index < -0.39 is 17.8 Å². The Labute approximate surface area is 205 Å². The SMILES string of the molecule is CCN(C(=O)OC(C)(C)C)c1nc(NC(=O)OCC23CCN(CC2)CC3)c(-c2ccccc2)s1. The average molecular weight is 487 g/mol. The first-order valence-corrected chi connectivity index (χ1v) is 12.7. The molecule has 4 heterocycles. The maximum Gasteiger partial charge on any atom is 0.416 e. The van der Waals surface area contributed by atoms with Crippen molar-refractivity contribution in [2.45, 2.75) is 52.6 Å². The lowest BCUT2D eigenvalue weighted by atomic mass is 9.73. The van der Waals surface area contributed by atoms with E-state index in [9.17, 15) is 9.59 Å². The van der Waals surface area contributed by atoms with Gasteiger partial charge in [0.25, 0.3) is 0 Å². The molecule has 34 heavy (non-hydrogen) atoms. The molecule has 0 radical (unpaired) electrons. The molecule has 2 amide bonds. The first kappa shape index (κ1) is 24.5. The van der Waals surface area contributed by atoms with Crippen LogP contribution in [0.1, 0.15) is 47.0 Å². The Morgan fingerprint density at radius 2 is 1.79 bits per heavy atom. The number of nitrogens with zero attached hydrogens (tertiary/aromatic N) is 3. The van der Waals surface area contributed by atoms with Gasteiger partial charge in [-0.15, -0.1) is 0 Å². The first-order valence-electron chi connectivity index (χ1n) is 11.9. The Morgan fingerprint density at radius 1 is 1.15 bits per heavy atom. The van der Waals surface area contributed by atoms with E-state index in [1.165, 1.54) is 16.2 Å². The summed E-state index contributed by atoms with van der Waals surface area (Å²) in [5.41, 5.74) is 0.376. The smallest absolute Gasteiger partial charge is 0.416 e. The molecule has 8 nitrogen and oxygen atoms in total. The predicted octanol–water partition coefficient (Wildman–Crippen LogP) is 5.61. The van der Waals surface area contributed by atoms with Crippen molar-refractivity contribution in [2.24, 2.45) is 5.41 Å². The lowest BCUT2D eigenvalue weighted by molar-refractivity contribution is -0.0190. The van der Waals surface area contributed by atoms with Crippen LogP contribution in [-0.4, -0.2) is 60.5 Å². The van der Waals surface area contributed by atoms with Crippen LogP contribution < -0.4 is 10.2 Å². The largest absolute Gasteiger partial charge is 0.449 e. The van der Waals surface area contributed by atoms with Crippen molar-refractivity contribution in [3.05, 3.63) is 30.3 Å². The number of carbonyl (C=O) groups excluding carboxylic acids is 2. The molecule has 3 aliphatic rings. The van der Waals surface area contributed by atoms with Crippen molar-refractivity contribution in [3.63, 3.8) is 0 Å². The van der Waals surface area contributed by atoms with Crippen LogP contribution >= 0.6 is 11.3 Å². The minimum Gasteiger partial charge on any atom is -0.449 e. The first-order chi connectivity index (χ1) is 16.2. The number of hydrogen-bond acceptors (Lipinski definition) is 7. The summed E-state index contributed by atoms with van der Waals surface area (Å²) in [7, 11) is 0. The summed E-state index contributed by atoms with van der Waals surface area (Å²) in [4.78, 5) is 34.9. The third-order valence-corrected chi connectivity index (χ3v) is 7.55. The number of anilines is 2. The number of thiazole rings is 1. The lowest BCUT2D eigenvalue weighted by Gasteiger charge is -2.47. The highest BCUT2D eigenvalue weighted by molar-refractivity contribution is 7.19. The van der Waals surface area contributed by atoms with Crippen LogP contribution in [0.15, 0.2) is 30.3 Å². The number of aromatic nitrogens is 1. The van der Waals surface area contributed by atoms with Gasteiger partial charge in [0.1, 0.15) is 5.60 Å². The zero-order chi connectivity index (χ0) is 24.3. The maximum atomic E-state index is 12.8. The molecule has 0 unspecified atom stereocenters. The van der Waals surface area contributed by atoms with Crippen LogP contribution in [0.2, 0.25) is 0 Å². The van der Waals surface area contributed by atoms with Gasteiger partial charge in [0, 0.05) is 12.0 Å². The van der Waals surface area contributed by atoms with Gasteiger partial charge in [-0.3, -0.25) is 10.2 Å². The molecule has 184 valence electrons. The molecular weight excluding hydrogens is 452 g/mol. The van der Waals surface area contributed by atoms with Gasteiger partial charge in [0.2, 0.25) is 0 Å². The van der Waals surface area contributed by atoms with Gasteiger partial charge < -0.3 is 14.4 Å². The summed E-state index contributed by atoms with van der Waals surface area (Å²) in [6.07, 6.45) is 2.21. The fourth-order valence-electron chi connectivity index (χ4n) is 4.42. The number of piperidine rings is 3. The number of carbonyl (C=O) groups is 2. The number of nitrogens with one attached hydrogen (secondary N) is 1. The Balaban J connectivity index is 1.52. The highest BCUT2D eigenvalue weighted by Gasteiger charge is 2.40. The van der Waals surface area contributed by atoms with Crippen LogP contribution in [0.25, 0.3) is 10.4 Å². The third-order valence-electron chi connectivity index (χ3n) is 6.42. The van der Waals surface area contributed by atoms with Gasteiger partial charge in [-0.2, -0.15) is 0 Å². The van der Waals surface area contributed by atoms with Gasteiger partial charge >= 0.3 is 12.2 Å². The highest BCUT2D eigenvalue weighted by Crippen LogP contribution is 2.41. The number of benzene rings is 1. The van der Waals surface area contributed by atoms with Crippen LogP contribution in [-0.2, 0) is 9.47 Å². The second-order valence-electron chi connectivity index (χ2n) is 10.1. The summed E-state index contributed by atoms with van der Waals surface area (Å²) in [6.45, 7) is 11.4. The Morgan fingerprint density at radius 3 is 2.38 bits per heavy atom. The third kappa shape index (κ3) is 5.70. The number of rotatable bonds is 6. The molecule has 3 fully saturated rings. The number of fused-ring (bicyclic) bond motifs is 3. The van der Waals surface area contributed by atoms with E-state index in [1.54, 1.807) is 0 Å². The second-order valence-corrected chi connectivity index (χ2v) is 11.0. The van der Waals surface area contributed by atoms with Gasteiger partial charge in [-0.05, 0) is 72.2 Å². The van der Waals surface area contributed by atoms with Crippen molar-refractivity contribution in [2.75, 3.05) is 43.0 Å². The molecule has 2 bridgehead atoms. The minimum atomic E-state index is -0.621. The van der Waals surface area contributed by atoms with Gasteiger partial charge in [0.05, 0.1) is 11.5 Å². The van der Waals surface area contributed by atoms with Crippen molar-refractivity contribution in [3.8, 4) is 10.4 Å². The summed E-state index contributed by atoms with van der Waals surface area (Å²) in [5, 5.41) is 3.30. The molecule has 0 spiro atoms. The van der Waals surface area contributed by atoms with Crippen LogP contribution in [0, 0.1) is 5.41 Å². The number of ether oxygens (including phenoxy) is 2. The summed E-state index contributed by atoms with van der Waals surface area (Å²) >= 11 is 1.34. The van der Waals surface area contributed by atoms with Crippen molar-refractivity contribution >= 4 is 34.5 Å². The van der Waals surface area contributed by atoms with Crippen molar-refractivity contribution in [1.29, 1.82) is 0 Å². The molecule has 0 saturated carbocycles. The van der Waals surface area contributed by atoms with E-state index in [0.717, 1.165) is 49.3 Å². The van der Waals surface area contributed by atoms with E-state index >= 15 is 0 Å². The minimum absolute atomic E-state index is 0.0946. The summed E-state index contributed by atoms with van der Waals surface area (Å²) in [5.74, 6) is 0.383. The van der Waals surface area contributed by atoms with E-state index in [4.69, 9.17) is 9.47 Å². The molecule has 1 aromatic heterocycles. The molecule has 0 atom stereocenters. The van der Waals surface area contributed by atoms with Gasteiger partial charge in [-0.1, -0.05) is 41.7 Å². The summed E-state index contributed by atoms with van der Waals surface area (Å²) in [6, 6.07) is 9.69. The fourth-order valence-corrected chi connectivity index (χ4v) is 5.50. The predicted molar refractivity (Wildman–Crippen MR) is 134 cm³/mol.